The molecule has 1 amide bonds. The minimum atomic E-state index is -1.40. The van der Waals surface area contributed by atoms with E-state index in [2.05, 4.69) is 11.9 Å². The van der Waals surface area contributed by atoms with Crippen LogP contribution in [0.2, 0.25) is 0 Å². The summed E-state index contributed by atoms with van der Waals surface area (Å²) in [6.07, 6.45) is -3.75. The molecule has 0 aromatic carbocycles. The van der Waals surface area contributed by atoms with Crippen molar-refractivity contribution in [3.63, 3.8) is 0 Å². The molecule has 1 heterocycles. The third kappa shape index (κ3) is 7.78. The topological polar surface area (TPSA) is 116 Å². The van der Waals surface area contributed by atoms with Gasteiger partial charge in [-0.15, -0.1) is 6.58 Å². The predicted octanol–water partition coefficient (Wildman–Crippen LogP) is 1.01. The Bertz CT molecular complexity index is 570. The zero-order chi connectivity index (χ0) is 23.8. The Morgan fingerprint density at radius 2 is 1.87 bits per heavy atom. The number of hydrogen-bond acceptors (Lipinski definition) is 8. The van der Waals surface area contributed by atoms with Crippen LogP contribution in [0.3, 0.4) is 0 Å². The van der Waals surface area contributed by atoms with Gasteiger partial charge in [-0.1, -0.05) is 19.4 Å². The number of amides is 1. The molecule has 1 saturated heterocycles. The molecular weight excluding hydrogens is 406 g/mol. The van der Waals surface area contributed by atoms with E-state index >= 15 is 0 Å². The summed E-state index contributed by atoms with van der Waals surface area (Å²) in [4.78, 5) is 12.6. The van der Waals surface area contributed by atoms with Crippen molar-refractivity contribution >= 4 is 5.91 Å². The highest BCUT2D eigenvalue weighted by Crippen LogP contribution is 2.39. The van der Waals surface area contributed by atoms with E-state index in [9.17, 15) is 15.0 Å². The molecule has 1 fully saturated rings. The maximum Gasteiger partial charge on any atom is 0.253 e. The number of carbonyl (C=O) groups is 1. The molecule has 0 spiro atoms. The SMILES string of the molecule is C=C(C)C[C@H](OC)[C@H](O)C(=O)N[C@@H](OC)[C@@H]1C[C@@H](O)C(C)(C)[C@@H](C[C@@H](COC)OC)O1. The second kappa shape index (κ2) is 12.8. The van der Waals surface area contributed by atoms with Gasteiger partial charge in [0.15, 0.2) is 12.3 Å². The van der Waals surface area contributed by atoms with Crippen LogP contribution >= 0.6 is 0 Å². The van der Waals surface area contributed by atoms with Crippen molar-refractivity contribution in [1.82, 2.24) is 5.32 Å². The monoisotopic (exact) mass is 447 g/mol. The standard InChI is InChI=1S/C22H41NO8/c1-13(2)9-15(29-7)19(25)20(26)23-21(30-8)16-11-17(24)22(3,4)18(31-16)10-14(28-6)12-27-5/h14-19,21,24-25H,1,9-12H2,2-8H3,(H,23,26)/t14-,15-,16-,17+,18+,19-,21-/m0/s1. The zero-order valence-electron chi connectivity index (χ0n) is 19.9. The summed E-state index contributed by atoms with van der Waals surface area (Å²) in [6.45, 7) is 9.85. The fourth-order valence-corrected chi connectivity index (χ4v) is 3.76. The van der Waals surface area contributed by atoms with Gasteiger partial charge in [0.25, 0.3) is 5.91 Å². The first-order valence-electron chi connectivity index (χ1n) is 10.5. The third-order valence-electron chi connectivity index (χ3n) is 6.00. The second-order valence-corrected chi connectivity index (χ2v) is 8.83. The molecule has 0 aromatic rings. The molecule has 1 aliphatic rings. The summed E-state index contributed by atoms with van der Waals surface area (Å²) in [5.41, 5.74) is 0.250. The third-order valence-corrected chi connectivity index (χ3v) is 6.00. The van der Waals surface area contributed by atoms with Crippen LogP contribution in [0.1, 0.15) is 40.0 Å². The van der Waals surface area contributed by atoms with E-state index in [0.29, 0.717) is 19.4 Å². The first-order chi connectivity index (χ1) is 14.5. The molecule has 9 heteroatoms. The number of aliphatic hydroxyl groups excluding tert-OH is 2. The largest absolute Gasteiger partial charge is 0.392 e. The van der Waals surface area contributed by atoms with Crippen molar-refractivity contribution < 1.29 is 38.7 Å². The highest BCUT2D eigenvalue weighted by Gasteiger charge is 2.47. The van der Waals surface area contributed by atoms with Gasteiger partial charge in [-0.3, -0.25) is 4.79 Å². The molecule has 31 heavy (non-hydrogen) atoms. The van der Waals surface area contributed by atoms with Gasteiger partial charge in [-0.2, -0.15) is 0 Å². The number of rotatable bonds is 13. The van der Waals surface area contributed by atoms with Gasteiger partial charge in [-0.25, -0.2) is 0 Å². The smallest absolute Gasteiger partial charge is 0.253 e. The molecule has 7 atom stereocenters. The lowest BCUT2D eigenvalue weighted by molar-refractivity contribution is -0.216. The number of nitrogens with one attached hydrogen (secondary N) is 1. The van der Waals surface area contributed by atoms with Crippen LogP contribution < -0.4 is 5.32 Å². The van der Waals surface area contributed by atoms with Crippen LogP contribution in [0.5, 0.6) is 0 Å². The Morgan fingerprint density at radius 1 is 1.23 bits per heavy atom. The van der Waals surface area contributed by atoms with Crippen molar-refractivity contribution in [1.29, 1.82) is 0 Å². The van der Waals surface area contributed by atoms with Crippen molar-refractivity contribution in [3.8, 4) is 0 Å². The van der Waals surface area contributed by atoms with Crippen molar-refractivity contribution in [2.75, 3.05) is 35.0 Å². The number of hydrogen-bond donors (Lipinski definition) is 3. The number of aliphatic hydroxyl groups is 2. The summed E-state index contributed by atoms with van der Waals surface area (Å²) in [5, 5.41) is 23.9. The summed E-state index contributed by atoms with van der Waals surface area (Å²) in [7, 11) is 6.06. The number of carbonyl (C=O) groups excluding carboxylic acids is 1. The lowest BCUT2D eigenvalue weighted by atomic mass is 9.74. The number of methoxy groups -OCH3 is 4. The molecule has 0 bridgehead atoms. The van der Waals surface area contributed by atoms with Gasteiger partial charge in [0.05, 0.1) is 31.0 Å². The van der Waals surface area contributed by atoms with Crippen LogP contribution in [-0.2, 0) is 28.5 Å². The van der Waals surface area contributed by atoms with Crippen molar-refractivity contribution in [2.24, 2.45) is 5.41 Å². The minimum absolute atomic E-state index is 0.206. The lowest BCUT2D eigenvalue weighted by Crippen LogP contribution is -2.59. The molecule has 1 rings (SSSR count). The normalized spacial score (nSPS) is 27.2. The van der Waals surface area contributed by atoms with Crippen LogP contribution in [0.25, 0.3) is 0 Å². The van der Waals surface area contributed by atoms with Crippen LogP contribution in [0.4, 0.5) is 0 Å². The van der Waals surface area contributed by atoms with E-state index in [-0.39, 0.29) is 18.6 Å². The van der Waals surface area contributed by atoms with E-state index in [1.165, 1.54) is 14.2 Å². The highest BCUT2D eigenvalue weighted by molar-refractivity contribution is 5.81. The molecule has 3 N–H and O–H groups in total. The van der Waals surface area contributed by atoms with E-state index < -0.39 is 42.0 Å². The summed E-state index contributed by atoms with van der Waals surface area (Å²) in [6, 6.07) is 0. The summed E-state index contributed by atoms with van der Waals surface area (Å²) < 4.78 is 27.6. The van der Waals surface area contributed by atoms with Gasteiger partial charge < -0.3 is 39.2 Å². The maximum absolute atomic E-state index is 12.6. The average molecular weight is 448 g/mol. The van der Waals surface area contributed by atoms with Gasteiger partial charge >= 0.3 is 0 Å². The first kappa shape index (κ1) is 28.0. The predicted molar refractivity (Wildman–Crippen MR) is 116 cm³/mol. The molecular formula is C22H41NO8. The van der Waals surface area contributed by atoms with E-state index in [1.54, 1.807) is 21.1 Å². The Morgan fingerprint density at radius 3 is 2.35 bits per heavy atom. The van der Waals surface area contributed by atoms with Crippen LogP contribution in [-0.4, -0.2) is 94.0 Å². The lowest BCUT2D eigenvalue weighted by Gasteiger charge is -2.48. The van der Waals surface area contributed by atoms with E-state index in [0.717, 1.165) is 5.57 Å². The van der Waals surface area contributed by atoms with E-state index in [4.69, 9.17) is 23.7 Å². The van der Waals surface area contributed by atoms with Crippen LogP contribution in [0.15, 0.2) is 12.2 Å². The van der Waals surface area contributed by atoms with E-state index in [1.807, 2.05) is 13.8 Å². The molecule has 0 aliphatic carbocycles. The quantitative estimate of drug-likeness (QED) is 0.283. The zero-order valence-corrected chi connectivity index (χ0v) is 19.9. The molecule has 0 aromatic heterocycles. The molecule has 0 unspecified atom stereocenters. The average Bonchev–Trinajstić information content (AvgIpc) is 2.72. The fourth-order valence-electron chi connectivity index (χ4n) is 3.76. The number of ether oxygens (including phenoxy) is 5. The van der Waals surface area contributed by atoms with Gasteiger partial charge in [0.1, 0.15) is 6.10 Å². The van der Waals surface area contributed by atoms with Gasteiger partial charge in [0.2, 0.25) is 0 Å². The molecule has 0 radical (unpaired) electrons. The molecule has 9 nitrogen and oxygen atoms in total. The maximum atomic E-state index is 12.6. The summed E-state index contributed by atoms with van der Waals surface area (Å²) in [5.74, 6) is -0.645. The highest BCUT2D eigenvalue weighted by atomic mass is 16.6. The Hall–Kier alpha value is -1.07. The fraction of sp³-hybridized carbons (Fsp3) is 0.864. The Labute approximate surface area is 186 Å². The van der Waals surface area contributed by atoms with Crippen LogP contribution in [0, 0.1) is 5.41 Å². The Balaban J connectivity index is 2.91. The molecule has 0 saturated carbocycles. The summed E-state index contributed by atoms with van der Waals surface area (Å²) >= 11 is 0. The van der Waals surface area contributed by atoms with Gasteiger partial charge in [0, 0.05) is 46.7 Å². The minimum Gasteiger partial charge on any atom is -0.392 e. The molecule has 1 aliphatic heterocycles. The first-order valence-corrected chi connectivity index (χ1v) is 10.5. The second-order valence-electron chi connectivity index (χ2n) is 8.83. The van der Waals surface area contributed by atoms with Crippen molar-refractivity contribution in [2.45, 2.75) is 82.9 Å². The van der Waals surface area contributed by atoms with Gasteiger partial charge in [-0.05, 0) is 13.3 Å². The van der Waals surface area contributed by atoms with Crippen molar-refractivity contribution in [3.05, 3.63) is 12.2 Å². The molecule has 182 valence electrons. The Kier molecular flexibility index (Phi) is 11.6.